The summed E-state index contributed by atoms with van der Waals surface area (Å²) < 4.78 is 0. The third kappa shape index (κ3) is 3.88. The molecule has 0 bridgehead atoms. The quantitative estimate of drug-likeness (QED) is 0.255. The van der Waals surface area contributed by atoms with Crippen LogP contribution in [-0.2, 0) is 9.59 Å². The molecule has 1 amide bonds. The average Bonchev–Trinajstić information content (AvgIpc) is 2.97. The first-order valence-corrected chi connectivity index (χ1v) is 9.05. The van der Waals surface area contributed by atoms with Crippen LogP contribution in [0.4, 0.5) is 5.69 Å². The maximum Gasteiger partial charge on any atom is 0.295 e. The van der Waals surface area contributed by atoms with Gasteiger partial charge in [0.1, 0.15) is 5.76 Å². The molecule has 0 radical (unpaired) electrons. The molecule has 1 fully saturated rings. The van der Waals surface area contributed by atoms with E-state index < -0.39 is 22.7 Å². The van der Waals surface area contributed by atoms with Gasteiger partial charge in [-0.3, -0.25) is 19.7 Å². The van der Waals surface area contributed by atoms with Gasteiger partial charge in [0.25, 0.3) is 17.4 Å². The number of likely N-dealkylation sites (tertiary alicyclic amines) is 1. The van der Waals surface area contributed by atoms with E-state index in [-0.39, 0.29) is 36.6 Å². The number of nitro groups is 1. The molecule has 2 aromatic carbocycles. The summed E-state index contributed by atoms with van der Waals surface area (Å²) in [5.41, 5.74) is 1.62. The van der Waals surface area contributed by atoms with E-state index in [2.05, 4.69) is 0 Å². The second-order valence-electron chi connectivity index (χ2n) is 6.78. The summed E-state index contributed by atoms with van der Waals surface area (Å²) in [5.74, 6) is -1.92. The van der Waals surface area contributed by atoms with Crippen molar-refractivity contribution >= 4 is 23.1 Å². The minimum atomic E-state index is -0.899. The lowest BCUT2D eigenvalue weighted by Crippen LogP contribution is -2.31. The predicted octanol–water partition coefficient (Wildman–Crippen LogP) is 2.71. The highest BCUT2D eigenvalue weighted by atomic mass is 16.6. The van der Waals surface area contributed by atoms with E-state index in [1.54, 1.807) is 24.3 Å². The zero-order valence-electron chi connectivity index (χ0n) is 15.7. The Morgan fingerprint density at radius 3 is 2.28 bits per heavy atom. The van der Waals surface area contributed by atoms with Gasteiger partial charge in [0.15, 0.2) is 0 Å². The van der Waals surface area contributed by atoms with Crippen molar-refractivity contribution in [3.05, 3.63) is 80.9 Å². The summed E-state index contributed by atoms with van der Waals surface area (Å²) in [6.45, 7) is 1.82. The summed E-state index contributed by atoms with van der Waals surface area (Å²) in [5, 5.41) is 30.9. The van der Waals surface area contributed by atoms with E-state index >= 15 is 0 Å². The summed E-state index contributed by atoms with van der Waals surface area (Å²) in [4.78, 5) is 37.0. The molecule has 1 aliphatic rings. The Kier molecular flexibility index (Phi) is 5.74. The average molecular weight is 396 g/mol. The van der Waals surface area contributed by atoms with E-state index in [0.717, 1.165) is 5.56 Å². The van der Waals surface area contributed by atoms with E-state index in [4.69, 9.17) is 5.11 Å². The summed E-state index contributed by atoms with van der Waals surface area (Å²) in [7, 11) is 0. The number of carbonyl (C=O) groups is 2. The third-order valence-corrected chi connectivity index (χ3v) is 4.84. The van der Waals surface area contributed by atoms with Gasteiger partial charge in [0.2, 0.25) is 0 Å². The Hall–Kier alpha value is -3.52. The molecule has 3 rings (SSSR count). The van der Waals surface area contributed by atoms with Crippen LogP contribution >= 0.6 is 0 Å². The molecule has 2 N–H and O–H groups in total. The number of benzene rings is 2. The molecule has 0 spiro atoms. The van der Waals surface area contributed by atoms with Crippen LogP contribution in [0.1, 0.15) is 29.2 Å². The molecule has 1 heterocycles. The number of amides is 1. The third-order valence-electron chi connectivity index (χ3n) is 4.84. The largest absolute Gasteiger partial charge is 0.507 e. The highest BCUT2D eigenvalue weighted by molar-refractivity contribution is 6.46. The Labute approximate surface area is 166 Å². The topological polar surface area (TPSA) is 121 Å². The number of carbonyl (C=O) groups excluding carboxylic acids is 2. The van der Waals surface area contributed by atoms with Crippen molar-refractivity contribution in [1.29, 1.82) is 0 Å². The van der Waals surface area contributed by atoms with Gasteiger partial charge in [-0.05, 0) is 31.0 Å². The monoisotopic (exact) mass is 396 g/mol. The molecule has 0 aliphatic carbocycles. The number of non-ortho nitro benzene ring substituents is 1. The molecule has 2 aromatic rings. The first-order valence-electron chi connectivity index (χ1n) is 9.05. The SMILES string of the molecule is Cc1ccc(/C(O)=C2\C(=O)C(=O)N(CCCO)[C@@H]2c2ccc([N+](=O)[O-])cc2)cc1. The van der Waals surface area contributed by atoms with E-state index in [1.807, 2.05) is 6.92 Å². The first-order chi connectivity index (χ1) is 13.8. The van der Waals surface area contributed by atoms with Crippen LogP contribution in [-0.4, -0.2) is 44.9 Å². The molecule has 0 saturated carbocycles. The number of hydrogen-bond acceptors (Lipinski definition) is 6. The molecular formula is C21H20N2O6. The summed E-state index contributed by atoms with van der Waals surface area (Å²) in [6.07, 6.45) is 0.251. The zero-order valence-corrected chi connectivity index (χ0v) is 15.7. The fourth-order valence-electron chi connectivity index (χ4n) is 3.34. The van der Waals surface area contributed by atoms with E-state index in [1.165, 1.54) is 29.2 Å². The standard InChI is InChI=1S/C21H20N2O6/c1-13-3-5-15(6-4-13)19(25)17-18(14-7-9-16(10-8-14)23(28)29)22(11-2-12-24)21(27)20(17)26/h3-10,18,24-25H,2,11-12H2,1H3/b19-17+/t18-/m1/s1. The molecule has 29 heavy (non-hydrogen) atoms. The van der Waals surface area contributed by atoms with Gasteiger partial charge in [0, 0.05) is 30.8 Å². The number of ketones is 1. The predicted molar refractivity (Wildman–Crippen MR) is 105 cm³/mol. The zero-order chi connectivity index (χ0) is 21.1. The van der Waals surface area contributed by atoms with Crippen molar-refractivity contribution in [3.8, 4) is 0 Å². The number of nitro benzene ring substituents is 1. The van der Waals surface area contributed by atoms with Gasteiger partial charge < -0.3 is 15.1 Å². The van der Waals surface area contributed by atoms with Crippen LogP contribution in [0.15, 0.2) is 54.1 Å². The molecule has 1 saturated heterocycles. The minimum absolute atomic E-state index is 0.0781. The van der Waals surface area contributed by atoms with Gasteiger partial charge in [-0.15, -0.1) is 0 Å². The second-order valence-corrected chi connectivity index (χ2v) is 6.78. The lowest BCUT2D eigenvalue weighted by molar-refractivity contribution is -0.384. The lowest BCUT2D eigenvalue weighted by atomic mass is 9.95. The van der Waals surface area contributed by atoms with Crippen LogP contribution in [0.2, 0.25) is 0 Å². The summed E-state index contributed by atoms with van der Waals surface area (Å²) >= 11 is 0. The van der Waals surface area contributed by atoms with Crippen LogP contribution in [0, 0.1) is 17.0 Å². The van der Waals surface area contributed by atoms with Crippen molar-refractivity contribution in [3.63, 3.8) is 0 Å². The smallest absolute Gasteiger partial charge is 0.295 e. The van der Waals surface area contributed by atoms with Gasteiger partial charge in [-0.25, -0.2) is 0 Å². The number of aliphatic hydroxyl groups is 2. The highest BCUT2D eigenvalue weighted by Crippen LogP contribution is 2.39. The number of aliphatic hydroxyl groups excluding tert-OH is 2. The van der Waals surface area contributed by atoms with Gasteiger partial charge in [-0.1, -0.05) is 29.8 Å². The number of hydrogen-bond donors (Lipinski definition) is 2. The molecular weight excluding hydrogens is 376 g/mol. The van der Waals surface area contributed by atoms with Crippen molar-refractivity contribution in [2.45, 2.75) is 19.4 Å². The molecule has 0 unspecified atom stereocenters. The van der Waals surface area contributed by atoms with Gasteiger partial charge >= 0.3 is 0 Å². The second kappa shape index (κ2) is 8.24. The fraction of sp³-hybridized carbons (Fsp3) is 0.238. The van der Waals surface area contributed by atoms with Crippen LogP contribution in [0.25, 0.3) is 5.76 Å². The molecule has 150 valence electrons. The maximum absolute atomic E-state index is 12.7. The normalized spacial score (nSPS) is 18.3. The molecule has 8 heteroatoms. The Morgan fingerprint density at radius 1 is 1.10 bits per heavy atom. The first kappa shape index (κ1) is 20.2. The Bertz CT molecular complexity index is 979. The molecule has 0 aromatic heterocycles. The highest BCUT2D eigenvalue weighted by Gasteiger charge is 2.45. The minimum Gasteiger partial charge on any atom is -0.507 e. The van der Waals surface area contributed by atoms with Gasteiger partial charge in [-0.2, -0.15) is 0 Å². The maximum atomic E-state index is 12.7. The fourth-order valence-corrected chi connectivity index (χ4v) is 3.34. The Balaban J connectivity index is 2.14. The van der Waals surface area contributed by atoms with E-state index in [0.29, 0.717) is 11.1 Å². The Morgan fingerprint density at radius 2 is 1.72 bits per heavy atom. The molecule has 1 atom stereocenters. The molecule has 8 nitrogen and oxygen atoms in total. The van der Waals surface area contributed by atoms with E-state index in [9.17, 15) is 24.8 Å². The van der Waals surface area contributed by atoms with Crippen molar-refractivity contribution in [2.24, 2.45) is 0 Å². The van der Waals surface area contributed by atoms with Crippen molar-refractivity contribution < 1.29 is 24.7 Å². The molecule has 1 aliphatic heterocycles. The number of nitrogens with zero attached hydrogens (tertiary/aromatic N) is 2. The number of rotatable bonds is 6. The van der Waals surface area contributed by atoms with Crippen LogP contribution in [0.3, 0.4) is 0 Å². The van der Waals surface area contributed by atoms with Crippen molar-refractivity contribution in [2.75, 3.05) is 13.2 Å². The lowest BCUT2D eigenvalue weighted by Gasteiger charge is -2.25. The number of aryl methyl sites for hydroxylation is 1. The number of Topliss-reactive ketones (excluding diaryl/α,β-unsaturated/α-hetero) is 1. The summed E-state index contributed by atoms with van der Waals surface area (Å²) in [6, 6.07) is 11.4. The van der Waals surface area contributed by atoms with Crippen molar-refractivity contribution in [1.82, 2.24) is 4.90 Å². The van der Waals surface area contributed by atoms with Gasteiger partial charge in [0.05, 0.1) is 16.5 Å². The van der Waals surface area contributed by atoms with Crippen LogP contribution in [0.5, 0.6) is 0 Å². The van der Waals surface area contributed by atoms with Crippen LogP contribution < -0.4 is 0 Å².